The summed E-state index contributed by atoms with van der Waals surface area (Å²) in [5.41, 5.74) is 4.25. The second kappa shape index (κ2) is 16.5. The lowest BCUT2D eigenvalue weighted by Gasteiger charge is -2.16. The summed E-state index contributed by atoms with van der Waals surface area (Å²) >= 11 is 4.96. The molecule has 2 heterocycles. The van der Waals surface area contributed by atoms with Crippen LogP contribution in [0.25, 0.3) is 0 Å². The Morgan fingerprint density at radius 1 is 1.41 bits per heavy atom. The van der Waals surface area contributed by atoms with Crippen molar-refractivity contribution in [3.63, 3.8) is 0 Å². The summed E-state index contributed by atoms with van der Waals surface area (Å²) in [6.07, 6.45) is 2.68. The lowest BCUT2D eigenvalue weighted by Crippen LogP contribution is -2.24. The SMILES string of the molecule is CCC.CO.CO.NCC(=O)OCC1CCC(n2cc(F)c(=O)[nH]c2=S)O1. The highest BCUT2D eigenvalue weighted by Gasteiger charge is 2.28. The number of rotatable bonds is 4. The molecule has 0 amide bonds. The third-order valence-electron chi connectivity index (χ3n) is 2.92. The number of aliphatic hydroxyl groups excluding tert-OH is 2. The summed E-state index contributed by atoms with van der Waals surface area (Å²) in [4.78, 5) is 24.2. The number of nitrogens with two attached hydrogens (primary N) is 1. The number of aromatic amines is 1. The van der Waals surface area contributed by atoms with Crippen molar-refractivity contribution in [3.05, 3.63) is 27.1 Å². The van der Waals surface area contributed by atoms with E-state index in [0.29, 0.717) is 12.8 Å². The smallest absolute Gasteiger partial charge is 0.319 e. The van der Waals surface area contributed by atoms with Crippen LogP contribution in [0.5, 0.6) is 0 Å². The molecule has 1 fully saturated rings. The van der Waals surface area contributed by atoms with Gasteiger partial charge in [0.1, 0.15) is 12.8 Å². The van der Waals surface area contributed by atoms with Gasteiger partial charge in [-0.2, -0.15) is 4.39 Å². The predicted octanol–water partition coefficient (Wildman–Crippen LogP) is 0.858. The first-order valence-corrected chi connectivity index (χ1v) is 8.75. The number of aliphatic hydroxyl groups is 2. The van der Waals surface area contributed by atoms with Gasteiger partial charge in [-0.05, 0) is 25.1 Å². The molecule has 0 saturated carbocycles. The molecule has 5 N–H and O–H groups in total. The van der Waals surface area contributed by atoms with Gasteiger partial charge in [-0.25, -0.2) is 0 Å². The number of carbonyl (C=O) groups is 1. The third-order valence-corrected chi connectivity index (χ3v) is 3.23. The molecule has 1 aliphatic heterocycles. The third kappa shape index (κ3) is 10.3. The number of aromatic nitrogens is 2. The normalized spacial score (nSPS) is 17.3. The van der Waals surface area contributed by atoms with E-state index in [0.717, 1.165) is 20.4 Å². The first kappa shape index (κ1) is 27.6. The van der Waals surface area contributed by atoms with Crippen LogP contribution in [0.4, 0.5) is 4.39 Å². The van der Waals surface area contributed by atoms with Gasteiger partial charge in [-0.15, -0.1) is 0 Å². The maximum atomic E-state index is 13.3. The van der Waals surface area contributed by atoms with E-state index in [2.05, 4.69) is 18.8 Å². The van der Waals surface area contributed by atoms with E-state index in [1.54, 1.807) is 0 Å². The van der Waals surface area contributed by atoms with Crippen molar-refractivity contribution >= 4 is 18.2 Å². The van der Waals surface area contributed by atoms with Crippen molar-refractivity contribution < 1.29 is 28.9 Å². The van der Waals surface area contributed by atoms with Crippen LogP contribution < -0.4 is 11.3 Å². The van der Waals surface area contributed by atoms with E-state index in [4.69, 9.17) is 37.6 Å². The zero-order chi connectivity index (χ0) is 21.4. The van der Waals surface area contributed by atoms with E-state index in [1.807, 2.05) is 0 Å². The number of carbonyl (C=O) groups excluding carboxylic acids is 1. The van der Waals surface area contributed by atoms with Crippen LogP contribution in [0, 0.1) is 10.6 Å². The van der Waals surface area contributed by atoms with Gasteiger partial charge >= 0.3 is 5.97 Å². The van der Waals surface area contributed by atoms with Crippen molar-refractivity contribution in [1.29, 1.82) is 0 Å². The van der Waals surface area contributed by atoms with Crippen LogP contribution in [0.1, 0.15) is 39.3 Å². The van der Waals surface area contributed by atoms with Crippen LogP contribution in [-0.4, -0.2) is 59.2 Å². The Balaban J connectivity index is 0. The Hall–Kier alpha value is -1.66. The van der Waals surface area contributed by atoms with Crippen LogP contribution in [0.2, 0.25) is 0 Å². The molecular formula is C16H30FN3O6S. The Morgan fingerprint density at radius 2 is 1.96 bits per heavy atom. The number of hydrogen-bond donors (Lipinski definition) is 4. The maximum absolute atomic E-state index is 13.3. The Morgan fingerprint density at radius 3 is 2.48 bits per heavy atom. The molecule has 0 bridgehead atoms. The maximum Gasteiger partial charge on any atom is 0.319 e. The fraction of sp³-hybridized carbons (Fsp3) is 0.688. The molecule has 27 heavy (non-hydrogen) atoms. The van der Waals surface area contributed by atoms with Crippen LogP contribution in [0.15, 0.2) is 11.0 Å². The van der Waals surface area contributed by atoms with Gasteiger partial charge in [0.2, 0.25) is 5.82 Å². The van der Waals surface area contributed by atoms with Gasteiger partial charge in [0.25, 0.3) is 5.56 Å². The Labute approximate surface area is 162 Å². The molecule has 158 valence electrons. The monoisotopic (exact) mass is 411 g/mol. The summed E-state index contributed by atoms with van der Waals surface area (Å²) < 4.78 is 25.2. The fourth-order valence-corrected chi connectivity index (χ4v) is 2.20. The lowest BCUT2D eigenvalue weighted by molar-refractivity contribution is -0.146. The van der Waals surface area contributed by atoms with Crippen LogP contribution >= 0.6 is 12.2 Å². The van der Waals surface area contributed by atoms with Crippen LogP contribution in [0.3, 0.4) is 0 Å². The number of esters is 1. The molecule has 1 aliphatic rings. The number of nitrogens with zero attached hydrogens (tertiary/aromatic N) is 1. The van der Waals surface area contributed by atoms with E-state index >= 15 is 0 Å². The molecule has 0 aromatic carbocycles. The van der Waals surface area contributed by atoms with Gasteiger partial charge < -0.3 is 25.4 Å². The largest absolute Gasteiger partial charge is 0.462 e. The van der Waals surface area contributed by atoms with E-state index in [-0.39, 0.29) is 24.0 Å². The van der Waals surface area contributed by atoms with E-state index < -0.39 is 23.6 Å². The highest BCUT2D eigenvalue weighted by Crippen LogP contribution is 2.28. The highest BCUT2D eigenvalue weighted by atomic mass is 32.1. The van der Waals surface area contributed by atoms with Crippen molar-refractivity contribution in [2.24, 2.45) is 5.73 Å². The molecule has 1 aromatic rings. The topological polar surface area (TPSA) is 140 Å². The summed E-state index contributed by atoms with van der Waals surface area (Å²) in [6.45, 7) is 4.15. The highest BCUT2D eigenvalue weighted by molar-refractivity contribution is 7.71. The number of hydrogen-bond acceptors (Lipinski definition) is 8. The molecule has 0 aliphatic carbocycles. The average Bonchev–Trinajstić information content (AvgIpc) is 3.15. The quantitative estimate of drug-likeness (QED) is 0.422. The number of nitrogens with one attached hydrogen (secondary N) is 1. The molecule has 2 atom stereocenters. The molecule has 1 aromatic heterocycles. The molecule has 9 nitrogen and oxygen atoms in total. The second-order valence-corrected chi connectivity index (χ2v) is 5.41. The Bertz CT molecular complexity index is 637. The zero-order valence-corrected chi connectivity index (χ0v) is 16.9. The average molecular weight is 411 g/mol. The van der Waals surface area contributed by atoms with Crippen molar-refractivity contribution in [1.82, 2.24) is 9.55 Å². The van der Waals surface area contributed by atoms with Gasteiger partial charge in [0.15, 0.2) is 4.77 Å². The van der Waals surface area contributed by atoms with Crippen LogP contribution in [-0.2, 0) is 14.3 Å². The molecule has 2 unspecified atom stereocenters. The van der Waals surface area contributed by atoms with Gasteiger partial charge in [0, 0.05) is 14.2 Å². The van der Waals surface area contributed by atoms with Gasteiger partial charge in [0.05, 0.1) is 18.8 Å². The number of H-pyrrole nitrogens is 1. The fourth-order valence-electron chi connectivity index (χ4n) is 1.93. The minimum Gasteiger partial charge on any atom is -0.462 e. The number of ether oxygens (including phenoxy) is 2. The second-order valence-electron chi connectivity index (χ2n) is 5.03. The summed E-state index contributed by atoms with van der Waals surface area (Å²) in [5.74, 6) is -1.44. The predicted molar refractivity (Wildman–Crippen MR) is 101 cm³/mol. The first-order valence-electron chi connectivity index (χ1n) is 8.34. The molecule has 11 heteroatoms. The Kier molecular flexibility index (Phi) is 16.9. The van der Waals surface area contributed by atoms with Crippen molar-refractivity contribution in [3.8, 4) is 0 Å². The minimum absolute atomic E-state index is 0.0843. The number of halogens is 1. The van der Waals surface area contributed by atoms with E-state index in [1.165, 1.54) is 11.0 Å². The minimum atomic E-state index is -0.930. The molecule has 0 spiro atoms. The van der Waals surface area contributed by atoms with Gasteiger partial charge in [-0.3, -0.25) is 19.1 Å². The van der Waals surface area contributed by atoms with Crippen molar-refractivity contribution in [2.45, 2.75) is 45.4 Å². The zero-order valence-electron chi connectivity index (χ0n) is 16.1. The van der Waals surface area contributed by atoms with E-state index in [9.17, 15) is 14.0 Å². The van der Waals surface area contributed by atoms with Gasteiger partial charge in [-0.1, -0.05) is 20.3 Å². The summed E-state index contributed by atoms with van der Waals surface area (Å²) in [5, 5.41) is 14.0. The lowest BCUT2D eigenvalue weighted by atomic mass is 10.2. The summed E-state index contributed by atoms with van der Waals surface area (Å²) in [7, 11) is 2.00. The molecule has 1 saturated heterocycles. The summed E-state index contributed by atoms with van der Waals surface area (Å²) in [6, 6.07) is 0. The molecule has 2 rings (SSSR count). The molecular weight excluding hydrogens is 381 g/mol. The molecule has 0 radical (unpaired) electrons. The first-order chi connectivity index (χ1) is 12.9. The standard InChI is InChI=1S/C11H14FN3O4S.C3H8.2CH4O/c12-7-4-15(11(20)14-10(7)17)8-2-1-6(19-8)5-18-9(16)3-13;1-3-2;2*1-2/h4,6,8H,1-3,5,13H2,(H,14,17,20);3H2,1-2H3;2*2H,1H3. The van der Waals surface area contributed by atoms with Crippen molar-refractivity contribution in [2.75, 3.05) is 27.4 Å².